The van der Waals surface area contributed by atoms with E-state index in [0.29, 0.717) is 6.54 Å². The SMILES string of the molecule is Cc1ccc2c(c1)CN(CC(=O)NCCC1=CCCCC1)CC(C)O2. The van der Waals surface area contributed by atoms with Crippen LogP contribution in [0, 0.1) is 6.92 Å². The molecule has 0 saturated carbocycles. The maximum atomic E-state index is 12.3. The van der Waals surface area contributed by atoms with Crippen molar-refractivity contribution in [2.24, 2.45) is 0 Å². The molecule has 1 aliphatic carbocycles. The van der Waals surface area contributed by atoms with E-state index < -0.39 is 0 Å². The number of amides is 1. The molecule has 2 aliphatic rings. The quantitative estimate of drug-likeness (QED) is 0.832. The highest BCUT2D eigenvalue weighted by Crippen LogP contribution is 2.26. The van der Waals surface area contributed by atoms with Gasteiger partial charge in [0, 0.05) is 25.2 Å². The third kappa shape index (κ3) is 5.33. The zero-order valence-electron chi connectivity index (χ0n) is 15.5. The van der Waals surface area contributed by atoms with Crippen LogP contribution in [0.5, 0.6) is 5.75 Å². The first-order chi connectivity index (χ1) is 12.1. The molecule has 1 N–H and O–H groups in total. The lowest BCUT2D eigenvalue weighted by molar-refractivity contribution is -0.122. The molecule has 0 saturated heterocycles. The number of benzene rings is 1. The lowest BCUT2D eigenvalue weighted by Crippen LogP contribution is -2.40. The van der Waals surface area contributed by atoms with Crippen LogP contribution < -0.4 is 10.1 Å². The second-order valence-electron chi connectivity index (χ2n) is 7.42. The van der Waals surface area contributed by atoms with Crippen LogP contribution in [0.15, 0.2) is 29.8 Å². The first-order valence-corrected chi connectivity index (χ1v) is 9.53. The molecule has 1 aliphatic heterocycles. The van der Waals surface area contributed by atoms with E-state index in [2.05, 4.69) is 42.3 Å². The number of carbonyl (C=O) groups is 1. The van der Waals surface area contributed by atoms with Crippen molar-refractivity contribution in [3.05, 3.63) is 41.0 Å². The second kappa shape index (κ2) is 8.52. The van der Waals surface area contributed by atoms with Crippen LogP contribution in [0.3, 0.4) is 0 Å². The standard InChI is InChI=1S/C21H30N2O2/c1-16-8-9-20-19(12-16)14-23(13-17(2)25-20)15-21(24)22-11-10-18-6-4-3-5-7-18/h6,8-9,12,17H,3-5,7,10-11,13-15H2,1-2H3,(H,22,24). The van der Waals surface area contributed by atoms with Gasteiger partial charge in [-0.1, -0.05) is 29.3 Å². The van der Waals surface area contributed by atoms with Gasteiger partial charge in [0.05, 0.1) is 6.54 Å². The third-order valence-electron chi connectivity index (χ3n) is 4.97. The van der Waals surface area contributed by atoms with Crippen molar-refractivity contribution in [1.29, 1.82) is 0 Å². The third-order valence-corrected chi connectivity index (χ3v) is 4.97. The molecule has 25 heavy (non-hydrogen) atoms. The van der Waals surface area contributed by atoms with Crippen molar-refractivity contribution in [3.8, 4) is 5.75 Å². The maximum absolute atomic E-state index is 12.3. The number of ether oxygens (including phenoxy) is 1. The highest BCUT2D eigenvalue weighted by Gasteiger charge is 2.21. The highest BCUT2D eigenvalue weighted by atomic mass is 16.5. The van der Waals surface area contributed by atoms with Crippen molar-refractivity contribution in [2.75, 3.05) is 19.6 Å². The molecule has 0 aromatic heterocycles. The number of allylic oxidation sites excluding steroid dienone is 1. The van der Waals surface area contributed by atoms with Gasteiger partial charge in [0.25, 0.3) is 0 Å². The molecular weight excluding hydrogens is 312 g/mol. The summed E-state index contributed by atoms with van der Waals surface area (Å²) in [5, 5.41) is 3.09. The van der Waals surface area contributed by atoms with E-state index in [1.165, 1.54) is 42.4 Å². The van der Waals surface area contributed by atoms with Gasteiger partial charge in [0.1, 0.15) is 11.9 Å². The van der Waals surface area contributed by atoms with Crippen molar-refractivity contribution in [2.45, 2.75) is 58.6 Å². The Kier molecular flexibility index (Phi) is 6.14. The number of hydrogen-bond donors (Lipinski definition) is 1. The molecule has 1 unspecified atom stereocenters. The Morgan fingerprint density at radius 2 is 2.24 bits per heavy atom. The predicted molar refractivity (Wildman–Crippen MR) is 101 cm³/mol. The van der Waals surface area contributed by atoms with E-state index in [1.54, 1.807) is 0 Å². The van der Waals surface area contributed by atoms with E-state index in [-0.39, 0.29) is 12.0 Å². The molecule has 4 heteroatoms. The van der Waals surface area contributed by atoms with Crippen LogP contribution in [-0.4, -0.2) is 36.5 Å². The fourth-order valence-electron chi connectivity index (χ4n) is 3.74. The fourth-order valence-corrected chi connectivity index (χ4v) is 3.74. The Hall–Kier alpha value is -1.81. The zero-order valence-corrected chi connectivity index (χ0v) is 15.5. The van der Waals surface area contributed by atoms with Gasteiger partial charge in [0.2, 0.25) is 5.91 Å². The molecular formula is C21H30N2O2. The molecule has 0 spiro atoms. The Bertz CT molecular complexity index is 639. The van der Waals surface area contributed by atoms with Crippen LogP contribution in [0.2, 0.25) is 0 Å². The minimum Gasteiger partial charge on any atom is -0.489 e. The summed E-state index contributed by atoms with van der Waals surface area (Å²) in [6.45, 7) is 6.87. The summed E-state index contributed by atoms with van der Waals surface area (Å²) in [6.07, 6.45) is 8.44. The Labute approximate surface area is 151 Å². The highest BCUT2D eigenvalue weighted by molar-refractivity contribution is 5.78. The van der Waals surface area contributed by atoms with Crippen LogP contribution in [0.1, 0.15) is 50.2 Å². The van der Waals surface area contributed by atoms with Gasteiger partial charge in [-0.25, -0.2) is 0 Å². The molecule has 1 atom stereocenters. The summed E-state index contributed by atoms with van der Waals surface area (Å²) in [6, 6.07) is 6.28. The molecule has 136 valence electrons. The van der Waals surface area contributed by atoms with Crippen LogP contribution in [0.25, 0.3) is 0 Å². The van der Waals surface area contributed by atoms with E-state index in [1.807, 2.05) is 6.07 Å². The monoisotopic (exact) mass is 342 g/mol. The van der Waals surface area contributed by atoms with Gasteiger partial charge in [0.15, 0.2) is 0 Å². The molecule has 0 fully saturated rings. The number of nitrogens with zero attached hydrogens (tertiary/aromatic N) is 1. The van der Waals surface area contributed by atoms with E-state index >= 15 is 0 Å². The first kappa shape index (κ1) is 18.0. The fraction of sp³-hybridized carbons (Fsp3) is 0.571. The van der Waals surface area contributed by atoms with Gasteiger partial charge in [-0.05, 0) is 52.0 Å². The number of fused-ring (bicyclic) bond motifs is 1. The van der Waals surface area contributed by atoms with Crippen molar-refractivity contribution < 1.29 is 9.53 Å². The average molecular weight is 342 g/mol. The van der Waals surface area contributed by atoms with Gasteiger partial charge < -0.3 is 10.1 Å². The van der Waals surface area contributed by atoms with Crippen LogP contribution >= 0.6 is 0 Å². The number of rotatable bonds is 5. The summed E-state index contributed by atoms with van der Waals surface area (Å²) in [4.78, 5) is 14.5. The Morgan fingerprint density at radius 1 is 1.36 bits per heavy atom. The summed E-state index contributed by atoms with van der Waals surface area (Å²) >= 11 is 0. The van der Waals surface area contributed by atoms with E-state index in [4.69, 9.17) is 4.74 Å². The maximum Gasteiger partial charge on any atom is 0.234 e. The first-order valence-electron chi connectivity index (χ1n) is 9.53. The van der Waals surface area contributed by atoms with Gasteiger partial charge in [-0.15, -0.1) is 0 Å². The normalized spacial score (nSPS) is 20.9. The molecule has 1 aromatic rings. The van der Waals surface area contributed by atoms with Gasteiger partial charge >= 0.3 is 0 Å². The van der Waals surface area contributed by atoms with Gasteiger partial charge in [-0.2, -0.15) is 0 Å². The molecule has 1 aromatic carbocycles. The minimum absolute atomic E-state index is 0.0872. The zero-order chi connectivity index (χ0) is 17.6. The lowest BCUT2D eigenvalue weighted by Gasteiger charge is -2.21. The average Bonchev–Trinajstić information content (AvgIpc) is 2.73. The number of nitrogens with one attached hydrogen (secondary N) is 1. The molecule has 0 radical (unpaired) electrons. The van der Waals surface area contributed by atoms with E-state index in [0.717, 1.165) is 31.8 Å². The van der Waals surface area contributed by atoms with Crippen molar-refractivity contribution >= 4 is 5.91 Å². The molecule has 3 rings (SSSR count). The molecule has 4 nitrogen and oxygen atoms in total. The lowest BCUT2D eigenvalue weighted by atomic mass is 9.97. The Balaban J connectivity index is 1.51. The van der Waals surface area contributed by atoms with Gasteiger partial charge in [-0.3, -0.25) is 9.69 Å². The largest absolute Gasteiger partial charge is 0.489 e. The minimum atomic E-state index is 0.0872. The molecule has 0 bridgehead atoms. The summed E-state index contributed by atoms with van der Waals surface area (Å²) in [7, 11) is 0. The summed E-state index contributed by atoms with van der Waals surface area (Å²) < 4.78 is 6.00. The summed E-state index contributed by atoms with van der Waals surface area (Å²) in [5.74, 6) is 1.06. The predicted octanol–water partition coefficient (Wildman–Crippen LogP) is 3.58. The molecule has 1 heterocycles. The van der Waals surface area contributed by atoms with Crippen molar-refractivity contribution in [1.82, 2.24) is 10.2 Å². The topological polar surface area (TPSA) is 41.6 Å². The number of hydrogen-bond acceptors (Lipinski definition) is 3. The van der Waals surface area contributed by atoms with Crippen LogP contribution in [-0.2, 0) is 11.3 Å². The number of aryl methyl sites for hydroxylation is 1. The summed E-state index contributed by atoms with van der Waals surface area (Å²) in [5.41, 5.74) is 3.90. The molecule has 1 amide bonds. The smallest absolute Gasteiger partial charge is 0.234 e. The van der Waals surface area contributed by atoms with E-state index in [9.17, 15) is 4.79 Å². The number of carbonyl (C=O) groups excluding carboxylic acids is 1. The van der Waals surface area contributed by atoms with Crippen LogP contribution in [0.4, 0.5) is 0 Å². The Morgan fingerprint density at radius 3 is 3.04 bits per heavy atom. The van der Waals surface area contributed by atoms with Crippen molar-refractivity contribution in [3.63, 3.8) is 0 Å². The second-order valence-corrected chi connectivity index (χ2v) is 7.42.